The fourth-order valence-corrected chi connectivity index (χ4v) is 3.68. The maximum absolute atomic E-state index is 12.9. The predicted octanol–water partition coefficient (Wildman–Crippen LogP) is 2.68. The smallest absolute Gasteiger partial charge is 0.315 e. The summed E-state index contributed by atoms with van der Waals surface area (Å²) < 4.78 is 23.2. The molecule has 0 bridgehead atoms. The Morgan fingerprint density at radius 1 is 1.30 bits per heavy atom. The molecule has 1 rings (SSSR count). The maximum atomic E-state index is 12.9. The number of ether oxygens (including phenoxy) is 1. The largest absolute Gasteiger partial charge is 0.507 e. The molecule has 0 spiro atoms. The van der Waals surface area contributed by atoms with Gasteiger partial charge in [-0.1, -0.05) is 25.5 Å². The Kier molecular flexibility index (Phi) is 6.76. The SMILES string of the molecule is CCCCO[P@@](=O)(CC(=O)OCC)c1ccccc1O. The van der Waals surface area contributed by atoms with Crippen LogP contribution < -0.4 is 5.30 Å². The van der Waals surface area contributed by atoms with E-state index in [1.807, 2.05) is 6.92 Å². The second kappa shape index (κ2) is 8.08. The number of rotatable bonds is 8. The molecule has 0 fully saturated rings. The Hall–Kier alpha value is -1.32. The van der Waals surface area contributed by atoms with E-state index in [9.17, 15) is 14.5 Å². The van der Waals surface area contributed by atoms with Gasteiger partial charge >= 0.3 is 5.97 Å². The van der Waals surface area contributed by atoms with Gasteiger partial charge in [0.05, 0.1) is 18.5 Å². The van der Waals surface area contributed by atoms with Crippen molar-refractivity contribution in [2.45, 2.75) is 26.7 Å². The Labute approximate surface area is 119 Å². The minimum atomic E-state index is -3.45. The minimum absolute atomic E-state index is 0.128. The molecule has 0 aliphatic carbocycles. The van der Waals surface area contributed by atoms with E-state index < -0.39 is 13.3 Å². The number of hydrogen-bond acceptors (Lipinski definition) is 5. The summed E-state index contributed by atoms with van der Waals surface area (Å²) in [6.45, 7) is 4.16. The van der Waals surface area contributed by atoms with E-state index in [1.54, 1.807) is 19.1 Å². The summed E-state index contributed by atoms with van der Waals surface area (Å²) >= 11 is 0. The Balaban J connectivity index is 2.97. The highest BCUT2D eigenvalue weighted by molar-refractivity contribution is 7.68. The lowest BCUT2D eigenvalue weighted by Crippen LogP contribution is -2.18. The third-order valence-corrected chi connectivity index (χ3v) is 5.08. The van der Waals surface area contributed by atoms with Gasteiger partial charge in [0.1, 0.15) is 11.9 Å². The molecule has 0 saturated carbocycles. The zero-order valence-corrected chi connectivity index (χ0v) is 12.8. The molecule has 0 unspecified atom stereocenters. The van der Waals surface area contributed by atoms with E-state index in [0.717, 1.165) is 12.8 Å². The fraction of sp³-hybridized carbons (Fsp3) is 0.500. The van der Waals surface area contributed by atoms with Crippen LogP contribution >= 0.6 is 7.37 Å². The average Bonchev–Trinajstić information content (AvgIpc) is 2.39. The van der Waals surface area contributed by atoms with Crippen molar-refractivity contribution < 1.29 is 23.7 Å². The molecule has 6 heteroatoms. The number of unbranched alkanes of at least 4 members (excludes halogenated alkanes) is 1. The fourth-order valence-electron chi connectivity index (χ4n) is 1.69. The molecule has 112 valence electrons. The summed E-state index contributed by atoms with van der Waals surface area (Å²) in [4.78, 5) is 11.6. The van der Waals surface area contributed by atoms with Crippen LogP contribution in [0, 0.1) is 0 Å². The van der Waals surface area contributed by atoms with Crippen LogP contribution in [-0.2, 0) is 18.6 Å². The van der Waals surface area contributed by atoms with Gasteiger partial charge in [0.2, 0.25) is 7.37 Å². The van der Waals surface area contributed by atoms with Gasteiger partial charge in [-0.3, -0.25) is 9.36 Å². The zero-order valence-electron chi connectivity index (χ0n) is 11.9. The van der Waals surface area contributed by atoms with Gasteiger partial charge < -0.3 is 14.4 Å². The number of phenols is 1. The van der Waals surface area contributed by atoms with Crippen LogP contribution in [0.2, 0.25) is 0 Å². The van der Waals surface area contributed by atoms with Crippen molar-refractivity contribution in [3.8, 4) is 5.75 Å². The summed E-state index contributed by atoms with van der Waals surface area (Å²) in [5.41, 5.74) is 0. The first kappa shape index (κ1) is 16.7. The molecule has 0 saturated heterocycles. The lowest BCUT2D eigenvalue weighted by atomic mass is 10.3. The predicted molar refractivity (Wildman–Crippen MR) is 77.7 cm³/mol. The number of hydrogen-bond donors (Lipinski definition) is 1. The number of carbonyl (C=O) groups excluding carboxylic acids is 1. The average molecular weight is 300 g/mol. The van der Waals surface area contributed by atoms with Crippen molar-refractivity contribution in [2.75, 3.05) is 19.4 Å². The summed E-state index contributed by atoms with van der Waals surface area (Å²) in [6.07, 6.45) is 1.27. The molecule has 0 aromatic heterocycles. The normalized spacial score (nSPS) is 13.7. The summed E-state index contributed by atoms with van der Waals surface area (Å²) in [5.74, 6) is -0.716. The van der Waals surface area contributed by atoms with E-state index in [2.05, 4.69) is 0 Å². The van der Waals surface area contributed by atoms with E-state index in [-0.39, 0.29) is 30.4 Å². The van der Waals surface area contributed by atoms with Gasteiger partial charge in [-0.2, -0.15) is 0 Å². The van der Waals surface area contributed by atoms with E-state index in [4.69, 9.17) is 9.26 Å². The van der Waals surface area contributed by atoms with Gasteiger partial charge in [0.15, 0.2) is 0 Å². The van der Waals surface area contributed by atoms with Crippen LogP contribution in [0.1, 0.15) is 26.7 Å². The highest BCUT2D eigenvalue weighted by atomic mass is 31.2. The molecule has 0 amide bonds. The number of aromatic hydroxyl groups is 1. The first-order chi connectivity index (χ1) is 9.53. The second-order valence-electron chi connectivity index (χ2n) is 4.31. The number of carbonyl (C=O) groups is 1. The van der Waals surface area contributed by atoms with Crippen LogP contribution in [0.3, 0.4) is 0 Å². The van der Waals surface area contributed by atoms with Crippen molar-refractivity contribution in [3.63, 3.8) is 0 Å². The highest BCUT2D eigenvalue weighted by Crippen LogP contribution is 2.48. The lowest BCUT2D eigenvalue weighted by Gasteiger charge is -2.19. The van der Waals surface area contributed by atoms with E-state index in [1.165, 1.54) is 12.1 Å². The number of esters is 1. The van der Waals surface area contributed by atoms with Gasteiger partial charge in [0, 0.05) is 0 Å². The van der Waals surface area contributed by atoms with Gasteiger partial charge in [-0.05, 0) is 25.5 Å². The monoisotopic (exact) mass is 300 g/mol. The summed E-state index contributed by atoms with van der Waals surface area (Å²) in [6, 6.07) is 6.22. The molecule has 1 atom stereocenters. The molecule has 0 heterocycles. The number of phenolic OH excluding ortho intramolecular Hbond substituents is 1. The van der Waals surface area contributed by atoms with Crippen molar-refractivity contribution in [2.24, 2.45) is 0 Å². The molecular formula is C14H21O5P. The molecule has 20 heavy (non-hydrogen) atoms. The van der Waals surface area contributed by atoms with Crippen LogP contribution in [-0.4, -0.2) is 30.5 Å². The quantitative estimate of drug-likeness (QED) is 0.454. The van der Waals surface area contributed by atoms with Crippen LogP contribution in [0.5, 0.6) is 5.75 Å². The molecular weight excluding hydrogens is 279 g/mol. The van der Waals surface area contributed by atoms with Crippen LogP contribution in [0.15, 0.2) is 24.3 Å². The molecule has 1 aromatic carbocycles. The second-order valence-corrected chi connectivity index (χ2v) is 6.72. The first-order valence-electron chi connectivity index (χ1n) is 6.71. The lowest BCUT2D eigenvalue weighted by molar-refractivity contribution is -0.140. The minimum Gasteiger partial charge on any atom is -0.507 e. The zero-order chi connectivity index (χ0) is 15.0. The van der Waals surface area contributed by atoms with E-state index >= 15 is 0 Å². The van der Waals surface area contributed by atoms with E-state index in [0.29, 0.717) is 0 Å². The Morgan fingerprint density at radius 3 is 2.60 bits per heavy atom. The van der Waals surface area contributed by atoms with Crippen molar-refractivity contribution >= 4 is 18.6 Å². The molecule has 1 aromatic rings. The first-order valence-corrected chi connectivity index (χ1v) is 8.52. The third kappa shape index (κ3) is 4.66. The Morgan fingerprint density at radius 2 is 2.00 bits per heavy atom. The van der Waals surface area contributed by atoms with Crippen molar-refractivity contribution in [1.82, 2.24) is 0 Å². The summed E-state index contributed by atoms with van der Waals surface area (Å²) in [5, 5.41) is 10.0. The van der Waals surface area contributed by atoms with Crippen LogP contribution in [0.4, 0.5) is 0 Å². The Bertz CT molecular complexity index is 486. The topological polar surface area (TPSA) is 72.8 Å². The standard InChI is InChI=1S/C14H21O5P/c1-3-5-10-19-20(17,11-14(16)18-4-2)13-9-7-6-8-12(13)15/h6-9,15H,3-5,10-11H2,1-2H3/t20-/m0/s1. The summed E-state index contributed by atoms with van der Waals surface area (Å²) in [7, 11) is -3.45. The molecule has 0 aliphatic heterocycles. The molecule has 0 radical (unpaired) electrons. The third-order valence-electron chi connectivity index (χ3n) is 2.69. The molecule has 0 aliphatic rings. The number of para-hydroxylation sites is 1. The number of benzene rings is 1. The van der Waals surface area contributed by atoms with Crippen molar-refractivity contribution in [3.05, 3.63) is 24.3 Å². The van der Waals surface area contributed by atoms with Gasteiger partial charge in [0.25, 0.3) is 0 Å². The van der Waals surface area contributed by atoms with Gasteiger partial charge in [-0.25, -0.2) is 0 Å². The van der Waals surface area contributed by atoms with Crippen LogP contribution in [0.25, 0.3) is 0 Å². The highest BCUT2D eigenvalue weighted by Gasteiger charge is 2.32. The van der Waals surface area contributed by atoms with Gasteiger partial charge in [-0.15, -0.1) is 0 Å². The maximum Gasteiger partial charge on any atom is 0.315 e. The van der Waals surface area contributed by atoms with Crippen molar-refractivity contribution in [1.29, 1.82) is 0 Å². The molecule has 5 nitrogen and oxygen atoms in total. The molecule has 1 N–H and O–H groups in total.